The molecule has 0 aliphatic carbocycles. The molecule has 0 saturated heterocycles. The second kappa shape index (κ2) is 9.27. The van der Waals surface area contributed by atoms with Gasteiger partial charge in [0.15, 0.2) is 6.61 Å². The first-order valence-electron chi connectivity index (χ1n) is 8.63. The molecule has 0 aliphatic rings. The van der Waals surface area contributed by atoms with Crippen LogP contribution in [-0.2, 0) is 14.8 Å². The normalized spacial score (nSPS) is 11.9. The van der Waals surface area contributed by atoms with E-state index in [9.17, 15) is 26.4 Å². The zero-order valence-electron chi connectivity index (χ0n) is 15.8. The fraction of sp³-hybridized carbons (Fsp3) is 0.316. The van der Waals surface area contributed by atoms with Crippen molar-refractivity contribution in [3.05, 3.63) is 53.6 Å². The highest BCUT2D eigenvalue weighted by atomic mass is 32.2. The number of amides is 1. The summed E-state index contributed by atoms with van der Waals surface area (Å²) in [5.41, 5.74) is 1.90. The number of ether oxygens (including phenoxy) is 1. The van der Waals surface area contributed by atoms with Crippen LogP contribution in [0.3, 0.4) is 0 Å². The lowest BCUT2D eigenvalue weighted by Gasteiger charge is -2.11. The Balaban J connectivity index is 1.83. The number of anilines is 1. The van der Waals surface area contributed by atoms with Crippen molar-refractivity contribution in [3.8, 4) is 5.75 Å². The van der Waals surface area contributed by atoms with Gasteiger partial charge < -0.3 is 10.1 Å². The third-order valence-corrected chi connectivity index (χ3v) is 5.43. The number of carbonyl (C=O) groups excluding carboxylic acids is 1. The van der Waals surface area contributed by atoms with Crippen molar-refractivity contribution in [1.29, 1.82) is 0 Å². The smallest absolute Gasteiger partial charge is 0.422 e. The van der Waals surface area contributed by atoms with Crippen LogP contribution in [0.15, 0.2) is 47.4 Å². The van der Waals surface area contributed by atoms with Gasteiger partial charge in [0.1, 0.15) is 5.75 Å². The summed E-state index contributed by atoms with van der Waals surface area (Å²) in [5, 5.41) is 2.53. The van der Waals surface area contributed by atoms with Gasteiger partial charge in [-0.05, 0) is 49.7 Å². The first-order chi connectivity index (χ1) is 13.5. The average Bonchev–Trinajstić information content (AvgIpc) is 2.60. The van der Waals surface area contributed by atoms with Crippen LogP contribution in [0, 0.1) is 13.8 Å². The molecule has 0 atom stereocenters. The predicted octanol–water partition coefficient (Wildman–Crippen LogP) is 3.55. The molecule has 2 N–H and O–H groups in total. The van der Waals surface area contributed by atoms with E-state index in [1.54, 1.807) is 19.1 Å². The Morgan fingerprint density at radius 3 is 2.31 bits per heavy atom. The average molecular weight is 430 g/mol. The molecule has 6 nitrogen and oxygen atoms in total. The van der Waals surface area contributed by atoms with Crippen LogP contribution in [0.2, 0.25) is 0 Å². The first-order valence-corrected chi connectivity index (χ1v) is 10.1. The molecule has 2 aromatic carbocycles. The summed E-state index contributed by atoms with van der Waals surface area (Å²) in [6.45, 7) is 2.04. The van der Waals surface area contributed by atoms with Gasteiger partial charge in [-0.3, -0.25) is 4.79 Å². The van der Waals surface area contributed by atoms with Gasteiger partial charge in [-0.2, -0.15) is 13.2 Å². The van der Waals surface area contributed by atoms with Crippen molar-refractivity contribution >= 4 is 21.6 Å². The SMILES string of the molecule is Cc1ccc(S(=O)(=O)NCCC(=O)Nc2ccc(OCC(F)(F)F)cc2)c(C)c1. The monoisotopic (exact) mass is 430 g/mol. The molecule has 158 valence electrons. The third-order valence-electron chi connectivity index (χ3n) is 3.80. The molecule has 2 rings (SSSR count). The molecule has 0 unspecified atom stereocenters. The Hall–Kier alpha value is -2.59. The van der Waals surface area contributed by atoms with Gasteiger partial charge in [0.2, 0.25) is 15.9 Å². The molecule has 0 saturated carbocycles. The summed E-state index contributed by atoms with van der Waals surface area (Å²) in [7, 11) is -3.74. The molecule has 0 heterocycles. The van der Waals surface area contributed by atoms with Gasteiger partial charge >= 0.3 is 6.18 Å². The zero-order chi connectivity index (χ0) is 21.7. The molecule has 2 aromatic rings. The first kappa shape index (κ1) is 22.7. The van der Waals surface area contributed by atoms with Gasteiger partial charge in [-0.25, -0.2) is 13.1 Å². The maximum Gasteiger partial charge on any atom is 0.422 e. The minimum absolute atomic E-state index is 0.0153. The Bertz CT molecular complexity index is 958. The number of nitrogens with one attached hydrogen (secondary N) is 2. The zero-order valence-corrected chi connectivity index (χ0v) is 16.7. The third kappa shape index (κ3) is 7.39. The Kier molecular flexibility index (Phi) is 7.26. The predicted molar refractivity (Wildman–Crippen MR) is 102 cm³/mol. The highest BCUT2D eigenvalue weighted by molar-refractivity contribution is 7.89. The van der Waals surface area contributed by atoms with Crippen molar-refractivity contribution in [2.75, 3.05) is 18.5 Å². The van der Waals surface area contributed by atoms with Crippen LogP contribution in [0.5, 0.6) is 5.75 Å². The summed E-state index contributed by atoms with van der Waals surface area (Å²) in [5.74, 6) is -0.432. The molecule has 0 radical (unpaired) electrons. The Morgan fingerprint density at radius 2 is 1.72 bits per heavy atom. The van der Waals surface area contributed by atoms with Crippen LogP contribution < -0.4 is 14.8 Å². The molecule has 0 aliphatic heterocycles. The van der Waals surface area contributed by atoms with Gasteiger partial charge in [0, 0.05) is 18.7 Å². The molecule has 1 amide bonds. The molecule has 0 aromatic heterocycles. The Morgan fingerprint density at radius 1 is 1.07 bits per heavy atom. The molecule has 0 fully saturated rings. The molecular formula is C19H21F3N2O4S. The van der Waals surface area contributed by atoms with E-state index in [0.717, 1.165) is 5.56 Å². The van der Waals surface area contributed by atoms with Crippen LogP contribution in [0.1, 0.15) is 17.5 Å². The minimum atomic E-state index is -4.43. The van der Waals surface area contributed by atoms with Crippen LogP contribution in [0.4, 0.5) is 18.9 Å². The number of carbonyl (C=O) groups is 1. The molecular weight excluding hydrogens is 409 g/mol. The second-order valence-electron chi connectivity index (χ2n) is 6.39. The van der Waals surface area contributed by atoms with E-state index in [1.165, 1.54) is 30.3 Å². The van der Waals surface area contributed by atoms with E-state index >= 15 is 0 Å². The standard InChI is InChI=1S/C19H21F3N2O4S/c1-13-3-8-17(14(2)11-13)29(26,27)23-10-9-18(25)24-15-4-6-16(7-5-15)28-12-19(20,21)22/h3-8,11,23H,9-10,12H2,1-2H3,(H,24,25). The fourth-order valence-electron chi connectivity index (χ4n) is 2.50. The largest absolute Gasteiger partial charge is 0.484 e. The molecule has 10 heteroatoms. The van der Waals surface area contributed by atoms with E-state index < -0.39 is 28.7 Å². The quantitative estimate of drug-likeness (QED) is 0.671. The number of aryl methyl sites for hydroxylation is 2. The summed E-state index contributed by atoms with van der Waals surface area (Å²) >= 11 is 0. The highest BCUT2D eigenvalue weighted by Gasteiger charge is 2.28. The van der Waals surface area contributed by atoms with Gasteiger partial charge in [0.25, 0.3) is 0 Å². The van der Waals surface area contributed by atoms with Crippen LogP contribution >= 0.6 is 0 Å². The topological polar surface area (TPSA) is 84.5 Å². The van der Waals surface area contributed by atoms with Crippen molar-refractivity contribution in [1.82, 2.24) is 4.72 Å². The van der Waals surface area contributed by atoms with Crippen LogP contribution in [0.25, 0.3) is 0 Å². The van der Waals surface area contributed by atoms with Crippen molar-refractivity contribution < 1.29 is 31.1 Å². The van der Waals surface area contributed by atoms with Crippen molar-refractivity contribution in [3.63, 3.8) is 0 Å². The number of benzene rings is 2. The van der Waals surface area contributed by atoms with E-state index in [0.29, 0.717) is 11.3 Å². The van der Waals surface area contributed by atoms with Gasteiger partial charge in [0.05, 0.1) is 4.90 Å². The lowest BCUT2D eigenvalue weighted by atomic mass is 10.2. The summed E-state index contributed by atoms with van der Waals surface area (Å²) in [4.78, 5) is 12.1. The van der Waals surface area contributed by atoms with Crippen LogP contribution in [-0.4, -0.2) is 33.7 Å². The van der Waals surface area contributed by atoms with E-state index in [-0.39, 0.29) is 23.6 Å². The lowest BCUT2D eigenvalue weighted by Crippen LogP contribution is -2.28. The van der Waals surface area contributed by atoms with Gasteiger partial charge in [-0.15, -0.1) is 0 Å². The van der Waals surface area contributed by atoms with Gasteiger partial charge in [-0.1, -0.05) is 17.7 Å². The minimum Gasteiger partial charge on any atom is -0.484 e. The summed E-state index contributed by atoms with van der Waals surface area (Å²) in [6.07, 6.45) is -4.55. The van der Waals surface area contributed by atoms with E-state index in [2.05, 4.69) is 14.8 Å². The molecule has 29 heavy (non-hydrogen) atoms. The Labute approximate surface area is 167 Å². The van der Waals surface area contributed by atoms with Crippen molar-refractivity contribution in [2.24, 2.45) is 0 Å². The van der Waals surface area contributed by atoms with E-state index in [4.69, 9.17) is 0 Å². The second-order valence-corrected chi connectivity index (χ2v) is 8.13. The number of rotatable bonds is 8. The number of halogens is 3. The number of sulfonamides is 1. The number of hydrogen-bond donors (Lipinski definition) is 2. The lowest BCUT2D eigenvalue weighted by molar-refractivity contribution is -0.153. The fourth-order valence-corrected chi connectivity index (χ4v) is 3.76. The van der Waals surface area contributed by atoms with E-state index in [1.807, 2.05) is 6.92 Å². The molecule has 0 bridgehead atoms. The summed E-state index contributed by atoms with van der Waals surface area (Å²) < 4.78 is 68.0. The maximum atomic E-state index is 12.3. The molecule has 0 spiro atoms. The summed E-state index contributed by atoms with van der Waals surface area (Å²) in [6, 6.07) is 10.3. The highest BCUT2D eigenvalue weighted by Crippen LogP contribution is 2.20. The van der Waals surface area contributed by atoms with Crippen molar-refractivity contribution in [2.45, 2.75) is 31.3 Å². The maximum absolute atomic E-state index is 12.3. The number of alkyl halides is 3. The number of hydrogen-bond acceptors (Lipinski definition) is 4.